The van der Waals surface area contributed by atoms with Crippen molar-refractivity contribution in [3.63, 3.8) is 0 Å². The van der Waals surface area contributed by atoms with E-state index in [0.29, 0.717) is 6.04 Å². The second-order valence-corrected chi connectivity index (χ2v) is 4.83. The van der Waals surface area contributed by atoms with E-state index < -0.39 is 0 Å². The lowest BCUT2D eigenvalue weighted by Gasteiger charge is -2.22. The van der Waals surface area contributed by atoms with Crippen molar-refractivity contribution < 1.29 is 4.74 Å². The smallest absolute Gasteiger partial charge is 0.123 e. The third kappa shape index (κ3) is 3.13. The van der Waals surface area contributed by atoms with Gasteiger partial charge in [0.15, 0.2) is 0 Å². The molecular weight excluding hydrogens is 222 g/mol. The molecule has 0 spiro atoms. The molecular formula is C13H20ClNO. The van der Waals surface area contributed by atoms with Crippen molar-refractivity contribution in [3.05, 3.63) is 28.3 Å². The number of hydrogen-bond acceptors (Lipinski definition) is 2. The quantitative estimate of drug-likeness (QED) is 0.800. The zero-order valence-corrected chi connectivity index (χ0v) is 11.4. The second kappa shape index (κ2) is 5.55. The molecule has 0 heterocycles. The largest absolute Gasteiger partial charge is 0.496 e. The van der Waals surface area contributed by atoms with Gasteiger partial charge in [-0.25, -0.2) is 0 Å². The Labute approximate surface area is 103 Å². The van der Waals surface area contributed by atoms with Crippen LogP contribution in [0.3, 0.4) is 0 Å². The predicted molar refractivity (Wildman–Crippen MR) is 69.3 cm³/mol. The number of ether oxygens (including phenoxy) is 1. The second-order valence-electron chi connectivity index (χ2n) is 4.42. The van der Waals surface area contributed by atoms with E-state index >= 15 is 0 Å². The molecule has 0 N–H and O–H groups in total. The molecule has 1 rings (SSSR count). The molecule has 0 atom stereocenters. The van der Waals surface area contributed by atoms with E-state index in [1.165, 1.54) is 0 Å². The Balaban J connectivity index is 2.98. The summed E-state index contributed by atoms with van der Waals surface area (Å²) in [7, 11) is 3.79. The van der Waals surface area contributed by atoms with Gasteiger partial charge in [-0.1, -0.05) is 11.6 Å². The summed E-state index contributed by atoms with van der Waals surface area (Å²) in [4.78, 5) is 2.25. The Morgan fingerprint density at radius 3 is 2.50 bits per heavy atom. The van der Waals surface area contributed by atoms with E-state index in [1.54, 1.807) is 7.11 Å². The summed E-state index contributed by atoms with van der Waals surface area (Å²) in [6.45, 7) is 7.17. The van der Waals surface area contributed by atoms with Gasteiger partial charge in [-0.3, -0.25) is 4.90 Å². The number of methoxy groups -OCH3 is 1. The van der Waals surface area contributed by atoms with Crippen LogP contribution in [0.2, 0.25) is 5.02 Å². The zero-order chi connectivity index (χ0) is 12.3. The molecule has 0 aliphatic rings. The normalized spacial score (nSPS) is 11.2. The van der Waals surface area contributed by atoms with Gasteiger partial charge in [0.25, 0.3) is 0 Å². The minimum absolute atomic E-state index is 0.504. The highest BCUT2D eigenvalue weighted by Crippen LogP contribution is 2.27. The molecule has 3 heteroatoms. The molecule has 0 saturated heterocycles. The van der Waals surface area contributed by atoms with Gasteiger partial charge in [-0.2, -0.15) is 0 Å². The molecule has 0 aliphatic heterocycles. The van der Waals surface area contributed by atoms with Crippen LogP contribution in [-0.4, -0.2) is 25.1 Å². The van der Waals surface area contributed by atoms with Gasteiger partial charge < -0.3 is 4.74 Å². The van der Waals surface area contributed by atoms with Gasteiger partial charge in [0.2, 0.25) is 0 Å². The van der Waals surface area contributed by atoms with Crippen LogP contribution in [0.25, 0.3) is 0 Å². The van der Waals surface area contributed by atoms with Crippen molar-refractivity contribution >= 4 is 11.6 Å². The summed E-state index contributed by atoms with van der Waals surface area (Å²) in [6.07, 6.45) is 0. The fourth-order valence-electron chi connectivity index (χ4n) is 1.46. The molecule has 0 aliphatic carbocycles. The standard InChI is InChI=1S/C13H20ClNO/c1-9(2)15(4)8-11-7-12(14)10(3)6-13(11)16-5/h6-7,9H,8H2,1-5H3. The Hall–Kier alpha value is -0.730. The highest BCUT2D eigenvalue weighted by Gasteiger charge is 2.11. The average molecular weight is 242 g/mol. The molecule has 90 valence electrons. The summed E-state index contributed by atoms with van der Waals surface area (Å²) in [6, 6.07) is 4.49. The molecule has 0 fully saturated rings. The van der Waals surface area contributed by atoms with Crippen LogP contribution in [0.15, 0.2) is 12.1 Å². The van der Waals surface area contributed by atoms with E-state index in [-0.39, 0.29) is 0 Å². The third-order valence-electron chi connectivity index (χ3n) is 2.86. The zero-order valence-electron chi connectivity index (χ0n) is 10.7. The maximum atomic E-state index is 6.13. The van der Waals surface area contributed by atoms with Crippen molar-refractivity contribution in [1.29, 1.82) is 0 Å². The molecule has 0 amide bonds. The first-order valence-corrected chi connectivity index (χ1v) is 5.86. The van der Waals surface area contributed by atoms with Gasteiger partial charge >= 0.3 is 0 Å². The van der Waals surface area contributed by atoms with Crippen LogP contribution in [0.4, 0.5) is 0 Å². The van der Waals surface area contributed by atoms with E-state index in [2.05, 4.69) is 25.8 Å². The van der Waals surface area contributed by atoms with Crippen LogP contribution in [0.1, 0.15) is 25.0 Å². The van der Waals surface area contributed by atoms with Crippen LogP contribution >= 0.6 is 11.6 Å². The lowest BCUT2D eigenvalue weighted by Crippen LogP contribution is -2.25. The van der Waals surface area contributed by atoms with Crippen LogP contribution in [0, 0.1) is 6.92 Å². The fraction of sp³-hybridized carbons (Fsp3) is 0.538. The lowest BCUT2D eigenvalue weighted by molar-refractivity contribution is 0.261. The molecule has 1 aromatic rings. The maximum Gasteiger partial charge on any atom is 0.123 e. The van der Waals surface area contributed by atoms with Gasteiger partial charge in [0, 0.05) is 23.2 Å². The fourth-order valence-corrected chi connectivity index (χ4v) is 1.65. The van der Waals surface area contributed by atoms with Crippen LogP contribution in [-0.2, 0) is 6.54 Å². The minimum atomic E-state index is 0.504. The third-order valence-corrected chi connectivity index (χ3v) is 3.27. The topological polar surface area (TPSA) is 12.5 Å². The Bertz CT molecular complexity index is 363. The first-order chi connectivity index (χ1) is 7.45. The monoisotopic (exact) mass is 241 g/mol. The number of rotatable bonds is 4. The highest BCUT2D eigenvalue weighted by molar-refractivity contribution is 6.31. The molecule has 0 aromatic heterocycles. The van der Waals surface area contributed by atoms with Crippen molar-refractivity contribution in [2.45, 2.75) is 33.4 Å². The predicted octanol–water partition coefficient (Wildman–Crippen LogP) is 3.50. The Kier molecular flexibility index (Phi) is 4.63. The van der Waals surface area contributed by atoms with Gasteiger partial charge in [0.1, 0.15) is 5.75 Å². The van der Waals surface area contributed by atoms with E-state index in [9.17, 15) is 0 Å². The average Bonchev–Trinajstić information content (AvgIpc) is 2.22. The SMILES string of the molecule is COc1cc(C)c(Cl)cc1CN(C)C(C)C. The molecule has 0 saturated carbocycles. The number of halogens is 1. The Morgan fingerprint density at radius 1 is 1.38 bits per heavy atom. The number of benzene rings is 1. The van der Waals surface area contributed by atoms with Gasteiger partial charge in [-0.15, -0.1) is 0 Å². The van der Waals surface area contributed by atoms with Crippen molar-refractivity contribution in [1.82, 2.24) is 4.90 Å². The van der Waals surface area contributed by atoms with E-state index in [4.69, 9.17) is 16.3 Å². The summed E-state index contributed by atoms with van der Waals surface area (Å²) in [5.74, 6) is 0.911. The van der Waals surface area contributed by atoms with Gasteiger partial charge in [0.05, 0.1) is 7.11 Å². The summed E-state index contributed by atoms with van der Waals surface area (Å²) in [5.41, 5.74) is 2.18. The molecule has 2 nitrogen and oxygen atoms in total. The van der Waals surface area contributed by atoms with E-state index in [1.807, 2.05) is 19.1 Å². The number of aryl methyl sites for hydroxylation is 1. The molecule has 0 radical (unpaired) electrons. The van der Waals surface area contributed by atoms with Crippen molar-refractivity contribution in [2.24, 2.45) is 0 Å². The Morgan fingerprint density at radius 2 is 2.00 bits per heavy atom. The molecule has 0 bridgehead atoms. The molecule has 1 aromatic carbocycles. The molecule has 0 unspecified atom stereocenters. The summed E-state index contributed by atoms with van der Waals surface area (Å²) < 4.78 is 5.38. The molecule has 16 heavy (non-hydrogen) atoms. The minimum Gasteiger partial charge on any atom is -0.496 e. The maximum absolute atomic E-state index is 6.13. The van der Waals surface area contributed by atoms with Crippen molar-refractivity contribution in [3.8, 4) is 5.75 Å². The number of nitrogens with zero attached hydrogens (tertiary/aromatic N) is 1. The summed E-state index contributed by atoms with van der Waals surface area (Å²) in [5, 5.41) is 0.799. The summed E-state index contributed by atoms with van der Waals surface area (Å²) >= 11 is 6.13. The number of hydrogen-bond donors (Lipinski definition) is 0. The van der Waals surface area contributed by atoms with E-state index in [0.717, 1.165) is 28.4 Å². The first-order valence-electron chi connectivity index (χ1n) is 5.49. The first kappa shape index (κ1) is 13.3. The highest BCUT2D eigenvalue weighted by atomic mass is 35.5. The van der Waals surface area contributed by atoms with Gasteiger partial charge in [-0.05, 0) is 45.5 Å². The van der Waals surface area contributed by atoms with Crippen LogP contribution in [0.5, 0.6) is 5.75 Å². The van der Waals surface area contributed by atoms with Crippen molar-refractivity contribution in [2.75, 3.05) is 14.2 Å². The lowest BCUT2D eigenvalue weighted by atomic mass is 10.1. The van der Waals surface area contributed by atoms with Crippen LogP contribution < -0.4 is 4.74 Å².